The Morgan fingerprint density at radius 1 is 1.15 bits per heavy atom. The molecule has 1 rings (SSSR count). The van der Waals surface area contributed by atoms with Gasteiger partial charge in [0, 0.05) is 18.2 Å². The molecule has 0 radical (unpaired) electrons. The van der Waals surface area contributed by atoms with Gasteiger partial charge in [-0.05, 0) is 12.3 Å². The van der Waals surface area contributed by atoms with E-state index in [4.69, 9.17) is 0 Å². The van der Waals surface area contributed by atoms with Crippen molar-refractivity contribution in [2.75, 3.05) is 0 Å². The number of rotatable bonds is 1. The SMILES string of the molecule is C[C@H](N1C(=O)C=CC1=O)C(C)(C)C. The van der Waals surface area contributed by atoms with Crippen LogP contribution in [0.25, 0.3) is 0 Å². The number of imide groups is 1. The van der Waals surface area contributed by atoms with Crippen LogP contribution in [0.4, 0.5) is 0 Å². The fraction of sp³-hybridized carbons (Fsp3) is 0.600. The van der Waals surface area contributed by atoms with E-state index in [2.05, 4.69) is 0 Å². The molecule has 0 aromatic rings. The summed E-state index contributed by atoms with van der Waals surface area (Å²) >= 11 is 0. The maximum atomic E-state index is 11.3. The Balaban J connectivity index is 2.85. The largest absolute Gasteiger partial charge is 0.272 e. The molecule has 0 unspecified atom stereocenters. The van der Waals surface area contributed by atoms with E-state index in [0.717, 1.165) is 0 Å². The van der Waals surface area contributed by atoms with Gasteiger partial charge in [0.2, 0.25) is 0 Å². The molecular formula is C10H15NO2. The van der Waals surface area contributed by atoms with Crippen LogP contribution in [-0.4, -0.2) is 22.8 Å². The lowest BCUT2D eigenvalue weighted by atomic mass is 9.87. The Morgan fingerprint density at radius 2 is 1.54 bits per heavy atom. The van der Waals surface area contributed by atoms with Crippen LogP contribution in [0.2, 0.25) is 0 Å². The zero-order chi connectivity index (χ0) is 10.2. The van der Waals surface area contributed by atoms with E-state index >= 15 is 0 Å². The predicted octanol–water partition coefficient (Wildman–Crippen LogP) is 1.35. The fourth-order valence-corrected chi connectivity index (χ4v) is 1.18. The van der Waals surface area contributed by atoms with Crippen LogP contribution in [0.15, 0.2) is 12.2 Å². The van der Waals surface area contributed by atoms with Gasteiger partial charge in [0.25, 0.3) is 11.8 Å². The zero-order valence-electron chi connectivity index (χ0n) is 8.50. The lowest BCUT2D eigenvalue weighted by Gasteiger charge is -2.33. The van der Waals surface area contributed by atoms with Gasteiger partial charge in [0.15, 0.2) is 0 Å². The summed E-state index contributed by atoms with van der Waals surface area (Å²) in [5.41, 5.74) is -0.0721. The molecule has 2 amide bonds. The Morgan fingerprint density at radius 3 is 1.85 bits per heavy atom. The second kappa shape index (κ2) is 2.98. The van der Waals surface area contributed by atoms with Crippen LogP contribution in [0.3, 0.4) is 0 Å². The summed E-state index contributed by atoms with van der Waals surface area (Å²) in [7, 11) is 0. The minimum atomic E-state index is -0.201. The van der Waals surface area contributed by atoms with Crippen LogP contribution in [0.1, 0.15) is 27.7 Å². The van der Waals surface area contributed by atoms with Crippen molar-refractivity contribution in [2.24, 2.45) is 5.41 Å². The maximum Gasteiger partial charge on any atom is 0.253 e. The van der Waals surface area contributed by atoms with Crippen molar-refractivity contribution in [1.82, 2.24) is 4.90 Å². The second-order valence-electron chi connectivity index (χ2n) is 4.42. The summed E-state index contributed by atoms with van der Waals surface area (Å²) in [6.07, 6.45) is 2.65. The first-order chi connectivity index (χ1) is 5.84. The average Bonchev–Trinajstić information content (AvgIpc) is 2.28. The third kappa shape index (κ3) is 1.79. The molecule has 3 heteroatoms. The second-order valence-corrected chi connectivity index (χ2v) is 4.42. The molecule has 13 heavy (non-hydrogen) atoms. The van der Waals surface area contributed by atoms with Crippen molar-refractivity contribution in [3.63, 3.8) is 0 Å². The van der Waals surface area contributed by atoms with Crippen molar-refractivity contribution in [3.8, 4) is 0 Å². The van der Waals surface area contributed by atoms with E-state index < -0.39 is 0 Å². The highest BCUT2D eigenvalue weighted by Crippen LogP contribution is 2.25. The summed E-state index contributed by atoms with van der Waals surface area (Å²) in [6.45, 7) is 7.92. The van der Waals surface area contributed by atoms with Crippen LogP contribution < -0.4 is 0 Å². The van der Waals surface area contributed by atoms with Crippen LogP contribution in [-0.2, 0) is 9.59 Å². The highest BCUT2D eigenvalue weighted by Gasteiger charge is 2.34. The molecule has 72 valence electrons. The normalized spacial score (nSPS) is 19.8. The molecule has 0 aromatic heterocycles. The van der Waals surface area contributed by atoms with Crippen molar-refractivity contribution >= 4 is 11.8 Å². The van der Waals surface area contributed by atoms with Gasteiger partial charge >= 0.3 is 0 Å². The molecule has 1 aliphatic heterocycles. The number of carbonyl (C=O) groups is 2. The third-order valence-electron chi connectivity index (χ3n) is 2.48. The van der Waals surface area contributed by atoms with Gasteiger partial charge < -0.3 is 0 Å². The summed E-state index contributed by atoms with van der Waals surface area (Å²) < 4.78 is 0. The van der Waals surface area contributed by atoms with Gasteiger partial charge in [0.1, 0.15) is 0 Å². The number of nitrogens with zero attached hydrogens (tertiary/aromatic N) is 1. The van der Waals surface area contributed by atoms with E-state index in [1.54, 1.807) is 0 Å². The van der Waals surface area contributed by atoms with Crippen LogP contribution in [0.5, 0.6) is 0 Å². The first kappa shape index (κ1) is 9.96. The minimum Gasteiger partial charge on any atom is -0.272 e. The summed E-state index contributed by atoms with van der Waals surface area (Å²) in [5.74, 6) is -0.403. The van der Waals surface area contributed by atoms with Gasteiger partial charge in [-0.1, -0.05) is 20.8 Å². The highest BCUT2D eigenvalue weighted by atomic mass is 16.2. The third-order valence-corrected chi connectivity index (χ3v) is 2.48. The highest BCUT2D eigenvalue weighted by molar-refractivity contribution is 6.13. The molecular weight excluding hydrogens is 166 g/mol. The molecule has 0 aliphatic carbocycles. The molecule has 0 fully saturated rings. The zero-order valence-corrected chi connectivity index (χ0v) is 8.50. The van der Waals surface area contributed by atoms with Crippen molar-refractivity contribution in [2.45, 2.75) is 33.7 Å². The quantitative estimate of drug-likeness (QED) is 0.572. The molecule has 1 atom stereocenters. The Kier molecular flexibility index (Phi) is 2.28. The summed E-state index contributed by atoms with van der Waals surface area (Å²) in [4.78, 5) is 23.9. The van der Waals surface area contributed by atoms with Crippen LogP contribution >= 0.6 is 0 Å². The van der Waals surface area contributed by atoms with Crippen molar-refractivity contribution < 1.29 is 9.59 Å². The summed E-state index contributed by atoms with van der Waals surface area (Å²) in [5, 5.41) is 0. The standard InChI is InChI=1S/C10H15NO2/c1-7(10(2,3)4)11-8(12)5-6-9(11)13/h5-7H,1-4H3/t7-/m0/s1. The molecule has 0 spiro atoms. The number of hydrogen-bond acceptors (Lipinski definition) is 2. The van der Waals surface area contributed by atoms with Crippen LogP contribution in [0, 0.1) is 5.41 Å². The molecule has 3 nitrogen and oxygen atoms in total. The predicted molar refractivity (Wildman–Crippen MR) is 49.9 cm³/mol. The molecule has 1 aliphatic rings. The van der Waals surface area contributed by atoms with Gasteiger partial charge in [-0.15, -0.1) is 0 Å². The molecule has 1 heterocycles. The molecule has 0 saturated heterocycles. The van der Waals surface area contributed by atoms with Crippen molar-refractivity contribution in [1.29, 1.82) is 0 Å². The van der Waals surface area contributed by atoms with Gasteiger partial charge in [-0.2, -0.15) is 0 Å². The van der Waals surface area contributed by atoms with E-state index in [9.17, 15) is 9.59 Å². The molecule has 0 aromatic carbocycles. The fourth-order valence-electron chi connectivity index (χ4n) is 1.18. The van der Waals surface area contributed by atoms with E-state index in [0.29, 0.717) is 0 Å². The lowest BCUT2D eigenvalue weighted by molar-refractivity contribution is -0.141. The number of amides is 2. The maximum absolute atomic E-state index is 11.3. The first-order valence-electron chi connectivity index (χ1n) is 4.39. The Bertz CT molecular complexity index is 255. The van der Waals surface area contributed by atoms with E-state index in [1.807, 2.05) is 27.7 Å². The first-order valence-corrected chi connectivity index (χ1v) is 4.39. The van der Waals surface area contributed by atoms with E-state index in [1.165, 1.54) is 17.1 Å². The van der Waals surface area contributed by atoms with Gasteiger partial charge in [-0.3, -0.25) is 14.5 Å². The number of hydrogen-bond donors (Lipinski definition) is 0. The molecule has 0 saturated carbocycles. The lowest BCUT2D eigenvalue weighted by Crippen LogP contribution is -2.45. The average molecular weight is 181 g/mol. The van der Waals surface area contributed by atoms with Crippen molar-refractivity contribution in [3.05, 3.63) is 12.2 Å². The topological polar surface area (TPSA) is 37.4 Å². The van der Waals surface area contributed by atoms with Gasteiger partial charge in [-0.25, -0.2) is 0 Å². The monoisotopic (exact) mass is 181 g/mol. The molecule has 0 bridgehead atoms. The smallest absolute Gasteiger partial charge is 0.253 e. The van der Waals surface area contributed by atoms with E-state index in [-0.39, 0.29) is 23.3 Å². The minimum absolute atomic E-state index is 0.0671. The van der Waals surface area contributed by atoms with Gasteiger partial charge in [0.05, 0.1) is 0 Å². The summed E-state index contributed by atoms with van der Waals surface area (Å²) in [6, 6.07) is -0.0671. The number of carbonyl (C=O) groups excluding carboxylic acids is 2. The molecule has 0 N–H and O–H groups in total. The Labute approximate surface area is 78.4 Å². The Hall–Kier alpha value is -1.12.